The number of likely N-dealkylation sites (N-methyl/N-ethyl adjacent to an activating group) is 1. The van der Waals surface area contributed by atoms with E-state index in [1.165, 1.54) is 0 Å². The maximum Gasteiger partial charge on any atom is 0.220 e. The zero-order valence-corrected chi connectivity index (χ0v) is 19.8. The third-order valence-electron chi connectivity index (χ3n) is 4.46. The Labute approximate surface area is 191 Å². The highest BCUT2D eigenvalue weighted by molar-refractivity contribution is 5.75. The van der Waals surface area contributed by atoms with Gasteiger partial charge in [0.05, 0.1) is 0 Å². The van der Waals surface area contributed by atoms with Crippen molar-refractivity contribution in [3.63, 3.8) is 0 Å². The van der Waals surface area contributed by atoms with Crippen LogP contribution in [0.1, 0.15) is 58.3 Å². The topological polar surface area (TPSA) is 58.4 Å². The van der Waals surface area contributed by atoms with Gasteiger partial charge in [-0.25, -0.2) is 0 Å². The van der Waals surface area contributed by atoms with Crippen LogP contribution in [0, 0.1) is 0 Å². The zero-order chi connectivity index (χ0) is 22.8. The number of carbonyl (C=O) groups excluding carboxylic acids is 1. The monoisotopic (exact) mass is 427 g/mol. The summed E-state index contributed by atoms with van der Waals surface area (Å²) < 4.78 is 0. The Morgan fingerprint density at radius 2 is 1.19 bits per heavy atom. The van der Waals surface area contributed by atoms with Gasteiger partial charge in [-0.05, 0) is 52.0 Å². The largest absolute Gasteiger partial charge is 0.355 e. The first-order valence-electron chi connectivity index (χ1n) is 11.8. The van der Waals surface area contributed by atoms with Crippen LogP contribution in [-0.4, -0.2) is 44.0 Å². The van der Waals surface area contributed by atoms with E-state index in [4.69, 9.17) is 5.73 Å². The molecular weight excluding hydrogens is 382 g/mol. The Kier molecular flexibility index (Phi) is 22.4. The molecule has 31 heavy (non-hydrogen) atoms. The van der Waals surface area contributed by atoms with Gasteiger partial charge in [0.15, 0.2) is 0 Å². The molecule has 0 aliphatic carbocycles. The minimum Gasteiger partial charge on any atom is -0.355 e. The van der Waals surface area contributed by atoms with Crippen molar-refractivity contribution in [2.24, 2.45) is 5.73 Å². The highest BCUT2D eigenvalue weighted by Crippen LogP contribution is 1.97. The molecule has 174 valence electrons. The number of allylic oxidation sites excluding steroid dienone is 12. The van der Waals surface area contributed by atoms with Crippen LogP contribution in [0.15, 0.2) is 72.9 Å². The summed E-state index contributed by atoms with van der Waals surface area (Å²) in [5.41, 5.74) is 5.49. The molecule has 4 nitrogen and oxygen atoms in total. The third-order valence-corrected chi connectivity index (χ3v) is 4.46. The van der Waals surface area contributed by atoms with Crippen LogP contribution in [0.5, 0.6) is 0 Å². The highest BCUT2D eigenvalue weighted by atomic mass is 16.1. The van der Waals surface area contributed by atoms with Crippen LogP contribution in [0.25, 0.3) is 0 Å². The molecule has 0 unspecified atom stereocenters. The van der Waals surface area contributed by atoms with Gasteiger partial charge in [-0.15, -0.1) is 0 Å². The molecule has 4 heteroatoms. The normalized spacial score (nSPS) is 12.9. The Balaban J connectivity index is 3.58. The van der Waals surface area contributed by atoms with Gasteiger partial charge in [0.2, 0.25) is 5.91 Å². The van der Waals surface area contributed by atoms with Crippen molar-refractivity contribution in [3.05, 3.63) is 72.9 Å². The van der Waals surface area contributed by atoms with Gasteiger partial charge >= 0.3 is 0 Å². The predicted octanol–water partition coefficient (Wildman–Crippen LogP) is 5.47. The lowest BCUT2D eigenvalue weighted by Gasteiger charge is -2.15. The lowest BCUT2D eigenvalue weighted by atomic mass is 10.2. The molecule has 1 amide bonds. The van der Waals surface area contributed by atoms with Gasteiger partial charge in [-0.2, -0.15) is 0 Å². The van der Waals surface area contributed by atoms with E-state index in [2.05, 4.69) is 90.1 Å². The fourth-order valence-corrected chi connectivity index (χ4v) is 2.66. The zero-order valence-electron chi connectivity index (χ0n) is 19.8. The van der Waals surface area contributed by atoms with Crippen molar-refractivity contribution in [3.8, 4) is 0 Å². The summed E-state index contributed by atoms with van der Waals surface area (Å²) in [4.78, 5) is 13.9. The summed E-state index contributed by atoms with van der Waals surface area (Å²) in [5, 5.41) is 2.94. The molecule has 0 rings (SSSR count). The number of rotatable bonds is 19. The van der Waals surface area contributed by atoms with E-state index >= 15 is 0 Å². The van der Waals surface area contributed by atoms with Crippen LogP contribution in [0.3, 0.4) is 0 Å². The second-order valence-electron chi connectivity index (χ2n) is 7.40. The van der Waals surface area contributed by atoms with Gasteiger partial charge in [0, 0.05) is 32.6 Å². The summed E-state index contributed by atoms with van der Waals surface area (Å²) in [6.45, 7) is 5.17. The number of nitrogens with two attached hydrogens (primary N) is 1. The number of nitrogens with zero attached hydrogens (tertiary/aromatic N) is 1. The minimum atomic E-state index is 0.112. The summed E-state index contributed by atoms with van der Waals surface area (Å²) in [6.07, 6.45) is 33.6. The van der Waals surface area contributed by atoms with Crippen molar-refractivity contribution >= 4 is 5.91 Å². The molecular formula is C27H45N3O. The van der Waals surface area contributed by atoms with Gasteiger partial charge in [-0.3, -0.25) is 4.79 Å². The quantitative estimate of drug-likeness (QED) is 0.269. The van der Waals surface area contributed by atoms with Crippen LogP contribution in [-0.2, 0) is 4.79 Å². The van der Waals surface area contributed by atoms with Crippen LogP contribution < -0.4 is 11.1 Å². The van der Waals surface area contributed by atoms with Crippen molar-refractivity contribution in [2.45, 2.75) is 58.3 Å². The molecule has 0 saturated carbocycles. The maximum atomic E-state index is 11.7. The van der Waals surface area contributed by atoms with Crippen molar-refractivity contribution in [1.29, 1.82) is 0 Å². The molecule has 0 aromatic carbocycles. The Bertz CT molecular complexity index is 585. The smallest absolute Gasteiger partial charge is 0.220 e. The predicted molar refractivity (Wildman–Crippen MR) is 137 cm³/mol. The minimum absolute atomic E-state index is 0.112. The number of amides is 1. The molecule has 0 heterocycles. The molecule has 0 aliphatic rings. The molecule has 0 bridgehead atoms. The summed E-state index contributed by atoms with van der Waals surface area (Å²) in [7, 11) is 2.01. The summed E-state index contributed by atoms with van der Waals surface area (Å²) in [5.74, 6) is 0.112. The molecule has 0 atom stereocenters. The molecule has 0 saturated heterocycles. The van der Waals surface area contributed by atoms with Crippen molar-refractivity contribution < 1.29 is 4.79 Å². The van der Waals surface area contributed by atoms with Gasteiger partial charge in [-0.1, -0.05) is 79.8 Å². The molecule has 0 aliphatic heterocycles. The first-order valence-corrected chi connectivity index (χ1v) is 11.8. The van der Waals surface area contributed by atoms with E-state index in [0.29, 0.717) is 19.5 Å². The van der Waals surface area contributed by atoms with Gasteiger partial charge in [0.25, 0.3) is 0 Å². The first-order chi connectivity index (χ1) is 15.2. The Morgan fingerprint density at radius 3 is 1.65 bits per heavy atom. The number of nitrogens with one attached hydrogen (secondary N) is 1. The second kappa shape index (κ2) is 24.1. The standard InChI is InChI=1S/C27H45N3O/c1-3-4-5-6-7-8-9-10-11-12-13-14-15-16-17-18-19-20-21-22-27(31)29-24-26-30(2)25-23-28/h4-5,7-8,10-11,13-14,16-17,19-20H,3,6,9,12,15,18,21-26,28H2,1-2H3,(H,29,31). The van der Waals surface area contributed by atoms with E-state index in [1.807, 2.05) is 7.05 Å². The maximum absolute atomic E-state index is 11.7. The highest BCUT2D eigenvalue weighted by Gasteiger charge is 2.00. The van der Waals surface area contributed by atoms with Gasteiger partial charge in [0.1, 0.15) is 0 Å². The van der Waals surface area contributed by atoms with Gasteiger partial charge < -0.3 is 16.0 Å². The van der Waals surface area contributed by atoms with E-state index in [-0.39, 0.29) is 5.91 Å². The number of hydrogen-bond acceptors (Lipinski definition) is 3. The van der Waals surface area contributed by atoms with Crippen LogP contribution in [0.2, 0.25) is 0 Å². The molecule has 0 spiro atoms. The molecule has 0 aromatic rings. The first kappa shape index (κ1) is 28.8. The SMILES string of the molecule is CCC=CCC=CCC=CCC=CCC=CCC=CCCC(=O)NCCN(C)CCN. The van der Waals surface area contributed by atoms with E-state index in [0.717, 1.165) is 58.0 Å². The van der Waals surface area contributed by atoms with Crippen LogP contribution >= 0.6 is 0 Å². The van der Waals surface area contributed by atoms with E-state index in [9.17, 15) is 4.79 Å². The van der Waals surface area contributed by atoms with Crippen molar-refractivity contribution in [2.75, 3.05) is 33.2 Å². The average Bonchev–Trinajstić information content (AvgIpc) is 2.75. The summed E-state index contributed by atoms with van der Waals surface area (Å²) in [6, 6.07) is 0. The van der Waals surface area contributed by atoms with E-state index in [1.54, 1.807) is 0 Å². The molecule has 0 radical (unpaired) electrons. The summed E-state index contributed by atoms with van der Waals surface area (Å²) >= 11 is 0. The molecule has 0 fully saturated rings. The lowest BCUT2D eigenvalue weighted by Crippen LogP contribution is -2.35. The molecule has 0 aromatic heterocycles. The lowest BCUT2D eigenvalue weighted by molar-refractivity contribution is -0.121. The third kappa shape index (κ3) is 24.0. The van der Waals surface area contributed by atoms with Crippen LogP contribution in [0.4, 0.5) is 0 Å². The Morgan fingerprint density at radius 1 is 0.742 bits per heavy atom. The average molecular weight is 428 g/mol. The molecule has 3 N–H and O–H groups in total. The number of carbonyl (C=O) groups is 1. The van der Waals surface area contributed by atoms with Crippen molar-refractivity contribution in [1.82, 2.24) is 10.2 Å². The second-order valence-corrected chi connectivity index (χ2v) is 7.40. The fraction of sp³-hybridized carbons (Fsp3) is 0.519. The van der Waals surface area contributed by atoms with E-state index < -0.39 is 0 Å². The fourth-order valence-electron chi connectivity index (χ4n) is 2.66. The Hall–Kier alpha value is -2.17. The number of hydrogen-bond donors (Lipinski definition) is 2.